The van der Waals surface area contributed by atoms with Crippen molar-refractivity contribution in [2.24, 2.45) is 0 Å². The first kappa shape index (κ1) is 14.2. The highest BCUT2D eigenvalue weighted by molar-refractivity contribution is 5.95. The molecule has 5 heteroatoms. The Morgan fingerprint density at radius 2 is 2.00 bits per heavy atom. The van der Waals surface area contributed by atoms with Crippen molar-refractivity contribution in [2.75, 3.05) is 25.9 Å². The number of carbonyl (C=O) groups excluding carboxylic acids is 1. The molecular formula is C16H23N3O2. The van der Waals surface area contributed by atoms with E-state index in [1.54, 1.807) is 25.3 Å². The summed E-state index contributed by atoms with van der Waals surface area (Å²) in [5, 5.41) is 3.12. The van der Waals surface area contributed by atoms with Gasteiger partial charge >= 0.3 is 0 Å². The molecule has 1 saturated heterocycles. The van der Waals surface area contributed by atoms with Crippen LogP contribution in [0.4, 0.5) is 5.69 Å². The summed E-state index contributed by atoms with van der Waals surface area (Å²) in [6, 6.07) is 6.25. The number of amides is 1. The Morgan fingerprint density at radius 1 is 1.29 bits per heavy atom. The largest absolute Gasteiger partial charge is 0.495 e. The van der Waals surface area contributed by atoms with Crippen molar-refractivity contribution in [1.29, 1.82) is 0 Å². The van der Waals surface area contributed by atoms with Crippen molar-refractivity contribution in [3.05, 3.63) is 23.8 Å². The monoisotopic (exact) mass is 289 g/mol. The van der Waals surface area contributed by atoms with Crippen molar-refractivity contribution in [3.63, 3.8) is 0 Å². The predicted octanol–water partition coefficient (Wildman–Crippen LogP) is 1.63. The third-order valence-electron chi connectivity index (χ3n) is 4.42. The van der Waals surface area contributed by atoms with Crippen molar-refractivity contribution in [3.8, 4) is 5.75 Å². The first-order valence-corrected chi connectivity index (χ1v) is 7.66. The van der Waals surface area contributed by atoms with Crippen LogP contribution in [0.5, 0.6) is 5.75 Å². The zero-order valence-corrected chi connectivity index (χ0v) is 12.5. The Kier molecular flexibility index (Phi) is 4.01. The number of likely N-dealkylation sites (tertiary alicyclic amines) is 1. The molecule has 3 N–H and O–H groups in total. The maximum Gasteiger partial charge on any atom is 0.251 e. The molecule has 1 aliphatic heterocycles. The summed E-state index contributed by atoms with van der Waals surface area (Å²) >= 11 is 0. The van der Waals surface area contributed by atoms with E-state index in [0.29, 0.717) is 17.0 Å². The normalized spacial score (nSPS) is 20.2. The molecule has 1 aliphatic carbocycles. The standard InChI is InChI=1S/C16H23N3O2/c1-21-15-10-11(2-5-14(15)17)16(20)18-12-6-8-19(9-7-12)13-3-4-13/h2,5,10,12-13H,3-4,6-9,17H2,1H3,(H,18,20). The van der Waals surface area contributed by atoms with E-state index in [9.17, 15) is 4.79 Å². The Labute approximate surface area is 125 Å². The smallest absolute Gasteiger partial charge is 0.251 e. The number of carbonyl (C=O) groups is 1. The zero-order chi connectivity index (χ0) is 14.8. The first-order valence-electron chi connectivity index (χ1n) is 7.66. The average molecular weight is 289 g/mol. The molecule has 0 radical (unpaired) electrons. The van der Waals surface area contributed by atoms with Crippen LogP contribution in [0.15, 0.2) is 18.2 Å². The minimum absolute atomic E-state index is 0.0434. The number of rotatable bonds is 4. The summed E-state index contributed by atoms with van der Waals surface area (Å²) in [6.07, 6.45) is 4.77. The lowest BCUT2D eigenvalue weighted by Gasteiger charge is -2.32. The van der Waals surface area contributed by atoms with Crippen molar-refractivity contribution in [2.45, 2.75) is 37.8 Å². The second-order valence-electron chi connectivity index (χ2n) is 5.97. The van der Waals surface area contributed by atoms with Gasteiger partial charge in [0.2, 0.25) is 0 Å². The van der Waals surface area contributed by atoms with Gasteiger partial charge in [0.05, 0.1) is 12.8 Å². The van der Waals surface area contributed by atoms with E-state index in [1.807, 2.05) is 0 Å². The molecule has 0 aromatic heterocycles. The van der Waals surface area contributed by atoms with E-state index in [1.165, 1.54) is 12.8 Å². The number of piperidine rings is 1. The fraction of sp³-hybridized carbons (Fsp3) is 0.562. The number of anilines is 1. The van der Waals surface area contributed by atoms with Crippen molar-refractivity contribution in [1.82, 2.24) is 10.2 Å². The molecule has 114 valence electrons. The van der Waals surface area contributed by atoms with Crippen LogP contribution in [-0.4, -0.2) is 43.1 Å². The molecule has 5 nitrogen and oxygen atoms in total. The van der Waals surface area contributed by atoms with Gasteiger partial charge in [0.15, 0.2) is 0 Å². The van der Waals surface area contributed by atoms with Gasteiger partial charge in [-0.05, 0) is 43.9 Å². The number of hydrogen-bond acceptors (Lipinski definition) is 4. The van der Waals surface area contributed by atoms with Crippen LogP contribution in [0.1, 0.15) is 36.0 Å². The van der Waals surface area contributed by atoms with E-state index < -0.39 is 0 Å². The number of benzene rings is 1. The van der Waals surface area contributed by atoms with Crippen molar-refractivity contribution >= 4 is 11.6 Å². The summed E-state index contributed by atoms with van der Waals surface area (Å²) in [5.41, 5.74) is 6.92. The summed E-state index contributed by atoms with van der Waals surface area (Å²) in [7, 11) is 1.56. The molecule has 0 unspecified atom stereocenters. The Bertz CT molecular complexity index is 520. The van der Waals surface area contributed by atoms with Crippen LogP contribution in [-0.2, 0) is 0 Å². The molecule has 0 bridgehead atoms. The van der Waals surface area contributed by atoms with Crippen LogP contribution in [0.2, 0.25) is 0 Å². The number of nitrogens with zero attached hydrogens (tertiary/aromatic N) is 1. The number of hydrogen-bond donors (Lipinski definition) is 2. The molecule has 1 amide bonds. The Balaban J connectivity index is 1.56. The summed E-state index contributed by atoms with van der Waals surface area (Å²) in [4.78, 5) is 14.8. The lowest BCUT2D eigenvalue weighted by Crippen LogP contribution is -2.45. The van der Waals surface area contributed by atoms with E-state index in [-0.39, 0.29) is 11.9 Å². The van der Waals surface area contributed by atoms with Gasteiger partial charge in [-0.2, -0.15) is 0 Å². The van der Waals surface area contributed by atoms with Crippen LogP contribution in [0.25, 0.3) is 0 Å². The van der Waals surface area contributed by atoms with Gasteiger partial charge in [-0.3, -0.25) is 4.79 Å². The third kappa shape index (κ3) is 3.29. The summed E-state index contributed by atoms with van der Waals surface area (Å²) in [6.45, 7) is 2.20. The fourth-order valence-corrected chi connectivity index (χ4v) is 2.97. The lowest BCUT2D eigenvalue weighted by molar-refractivity contribution is 0.0909. The van der Waals surface area contributed by atoms with Crippen molar-refractivity contribution < 1.29 is 9.53 Å². The third-order valence-corrected chi connectivity index (χ3v) is 4.42. The number of nitrogens with two attached hydrogens (primary N) is 1. The molecular weight excluding hydrogens is 266 g/mol. The molecule has 1 saturated carbocycles. The van der Waals surface area contributed by atoms with Gasteiger partial charge < -0.3 is 20.7 Å². The average Bonchev–Trinajstić information content (AvgIpc) is 3.33. The van der Waals surface area contributed by atoms with E-state index in [0.717, 1.165) is 32.0 Å². The molecule has 1 aromatic rings. The van der Waals surface area contributed by atoms with E-state index in [2.05, 4.69) is 10.2 Å². The highest BCUT2D eigenvalue weighted by Crippen LogP contribution is 2.29. The minimum atomic E-state index is -0.0434. The molecule has 0 atom stereocenters. The molecule has 1 aromatic carbocycles. The predicted molar refractivity (Wildman–Crippen MR) is 82.5 cm³/mol. The quantitative estimate of drug-likeness (QED) is 0.827. The highest BCUT2D eigenvalue weighted by Gasteiger charge is 2.32. The van der Waals surface area contributed by atoms with Gasteiger partial charge in [0.25, 0.3) is 5.91 Å². The summed E-state index contributed by atoms with van der Waals surface area (Å²) < 4.78 is 5.16. The topological polar surface area (TPSA) is 67.6 Å². The van der Waals surface area contributed by atoms with E-state index >= 15 is 0 Å². The van der Waals surface area contributed by atoms with Crippen LogP contribution in [0, 0.1) is 0 Å². The maximum atomic E-state index is 12.3. The van der Waals surface area contributed by atoms with E-state index in [4.69, 9.17) is 10.5 Å². The second kappa shape index (κ2) is 5.93. The molecule has 2 fully saturated rings. The maximum absolute atomic E-state index is 12.3. The van der Waals surface area contributed by atoms with Gasteiger partial charge in [0, 0.05) is 30.7 Å². The van der Waals surface area contributed by atoms with Gasteiger partial charge in [-0.15, -0.1) is 0 Å². The number of methoxy groups -OCH3 is 1. The lowest BCUT2D eigenvalue weighted by atomic mass is 10.0. The second-order valence-corrected chi connectivity index (χ2v) is 5.97. The minimum Gasteiger partial charge on any atom is -0.495 e. The van der Waals surface area contributed by atoms with Gasteiger partial charge in [-0.25, -0.2) is 0 Å². The Hall–Kier alpha value is -1.75. The molecule has 2 aliphatic rings. The van der Waals surface area contributed by atoms with Gasteiger partial charge in [-0.1, -0.05) is 0 Å². The first-order chi connectivity index (χ1) is 10.2. The van der Waals surface area contributed by atoms with Crippen LogP contribution in [0.3, 0.4) is 0 Å². The zero-order valence-electron chi connectivity index (χ0n) is 12.5. The Morgan fingerprint density at radius 3 is 2.62 bits per heavy atom. The number of nitrogen functional groups attached to an aromatic ring is 1. The van der Waals surface area contributed by atoms with Crippen LogP contribution >= 0.6 is 0 Å². The highest BCUT2D eigenvalue weighted by atomic mass is 16.5. The molecule has 21 heavy (non-hydrogen) atoms. The molecule has 3 rings (SSSR count). The SMILES string of the molecule is COc1cc(C(=O)NC2CCN(C3CC3)CC2)ccc1N. The number of nitrogens with one attached hydrogen (secondary N) is 1. The molecule has 0 spiro atoms. The summed E-state index contributed by atoms with van der Waals surface area (Å²) in [5.74, 6) is 0.504. The van der Waals surface area contributed by atoms with Gasteiger partial charge in [0.1, 0.15) is 5.75 Å². The molecule has 1 heterocycles. The van der Waals surface area contributed by atoms with Crippen LogP contribution < -0.4 is 15.8 Å². The fourth-order valence-electron chi connectivity index (χ4n) is 2.97. The number of ether oxygens (including phenoxy) is 1.